The van der Waals surface area contributed by atoms with Crippen molar-refractivity contribution in [1.82, 2.24) is 29.9 Å². The van der Waals surface area contributed by atoms with Crippen molar-refractivity contribution in [3.8, 4) is 28.3 Å². The maximum atomic E-state index is 5.62. The van der Waals surface area contributed by atoms with E-state index in [2.05, 4.69) is 68.9 Å². The number of ether oxygens (including phenoxy) is 2. The maximum absolute atomic E-state index is 5.62. The van der Waals surface area contributed by atoms with Crippen LogP contribution in [0.4, 0.5) is 11.6 Å². The van der Waals surface area contributed by atoms with Gasteiger partial charge in [-0.1, -0.05) is 6.92 Å². The van der Waals surface area contributed by atoms with E-state index in [4.69, 9.17) is 24.4 Å². The molecule has 7 rings (SSSR count). The fourth-order valence-corrected chi connectivity index (χ4v) is 6.22. The molecule has 4 aromatic heterocycles. The second-order valence-corrected chi connectivity index (χ2v) is 11.7. The molecule has 0 aliphatic carbocycles. The average Bonchev–Trinajstić information content (AvgIpc) is 3.67. The molecule has 0 radical (unpaired) electrons. The summed E-state index contributed by atoms with van der Waals surface area (Å²) in [6.45, 7) is 12.1. The van der Waals surface area contributed by atoms with Crippen LogP contribution in [0.3, 0.4) is 0 Å². The van der Waals surface area contributed by atoms with Crippen LogP contribution in [0.2, 0.25) is 0 Å². The Morgan fingerprint density at radius 1 is 0.907 bits per heavy atom. The van der Waals surface area contributed by atoms with Gasteiger partial charge in [0.05, 0.1) is 36.6 Å². The topological polar surface area (TPSA) is 108 Å². The molecule has 0 saturated carbocycles. The van der Waals surface area contributed by atoms with E-state index in [0.29, 0.717) is 6.61 Å². The van der Waals surface area contributed by atoms with Crippen molar-refractivity contribution in [2.24, 2.45) is 0 Å². The molecule has 5 aromatic rings. The molecule has 222 valence electrons. The van der Waals surface area contributed by atoms with Crippen molar-refractivity contribution in [2.75, 3.05) is 55.8 Å². The normalized spacial score (nSPS) is 17.0. The van der Waals surface area contributed by atoms with Gasteiger partial charge in [-0.25, -0.2) is 19.9 Å². The number of anilines is 2. The summed E-state index contributed by atoms with van der Waals surface area (Å²) in [5, 5.41) is 1.03. The van der Waals surface area contributed by atoms with Crippen LogP contribution in [0.5, 0.6) is 5.75 Å². The summed E-state index contributed by atoms with van der Waals surface area (Å²) in [4.78, 5) is 30.8. The van der Waals surface area contributed by atoms with Gasteiger partial charge in [-0.3, -0.25) is 0 Å². The number of hydrogen-bond donors (Lipinski definition) is 2. The summed E-state index contributed by atoms with van der Waals surface area (Å²) in [5.41, 5.74) is 6.04. The number of fused-ring (bicyclic) bond motifs is 1. The SMILES string of the molecule is CCOc1ccc(-c2[nH]c(C3(C)CCN(c4ncnc5[nH]c(-c6ccc(N7CCOCC7)nc6)cc45)CC3)nc2C)cc1. The van der Waals surface area contributed by atoms with E-state index >= 15 is 0 Å². The Hall–Kier alpha value is -4.44. The van der Waals surface area contributed by atoms with Crippen LogP contribution in [-0.4, -0.2) is 75.9 Å². The van der Waals surface area contributed by atoms with Gasteiger partial charge in [0.1, 0.15) is 35.2 Å². The van der Waals surface area contributed by atoms with Crippen molar-refractivity contribution in [3.63, 3.8) is 0 Å². The Bertz CT molecular complexity index is 1700. The quantitative estimate of drug-likeness (QED) is 0.260. The van der Waals surface area contributed by atoms with Gasteiger partial charge in [0.15, 0.2) is 0 Å². The molecule has 1 aromatic carbocycles. The molecule has 10 nitrogen and oxygen atoms in total. The van der Waals surface area contributed by atoms with Gasteiger partial charge < -0.3 is 29.2 Å². The Morgan fingerprint density at radius 2 is 1.67 bits per heavy atom. The van der Waals surface area contributed by atoms with Crippen LogP contribution < -0.4 is 14.5 Å². The van der Waals surface area contributed by atoms with Crippen LogP contribution in [0.25, 0.3) is 33.5 Å². The smallest absolute Gasteiger partial charge is 0.143 e. The third-order valence-corrected chi connectivity index (χ3v) is 8.88. The summed E-state index contributed by atoms with van der Waals surface area (Å²) in [6, 6.07) is 14.6. The molecular formula is C33H38N8O2. The predicted octanol–water partition coefficient (Wildman–Crippen LogP) is 5.51. The molecule has 6 heterocycles. The Labute approximate surface area is 251 Å². The van der Waals surface area contributed by atoms with Crippen LogP contribution in [0.1, 0.15) is 38.2 Å². The van der Waals surface area contributed by atoms with Crippen molar-refractivity contribution >= 4 is 22.7 Å². The Morgan fingerprint density at radius 3 is 2.40 bits per heavy atom. The first-order valence-electron chi connectivity index (χ1n) is 15.2. The first kappa shape index (κ1) is 27.4. The second-order valence-electron chi connectivity index (χ2n) is 11.7. The lowest BCUT2D eigenvalue weighted by Crippen LogP contribution is -2.42. The molecule has 2 aliphatic rings. The zero-order chi connectivity index (χ0) is 29.4. The number of aromatic nitrogens is 6. The summed E-state index contributed by atoms with van der Waals surface area (Å²) in [6.07, 6.45) is 5.53. The zero-order valence-corrected chi connectivity index (χ0v) is 25.1. The number of H-pyrrole nitrogens is 2. The molecule has 10 heteroatoms. The van der Waals surface area contributed by atoms with E-state index in [0.717, 1.165) is 115 Å². The molecule has 0 spiro atoms. The molecule has 0 atom stereocenters. The highest BCUT2D eigenvalue weighted by Crippen LogP contribution is 2.38. The standard InChI is InChI=1S/C33H38N8O2/c1-4-43-25-8-5-23(6-9-25)29-22(2)37-32(39-29)33(3)11-13-41(14-12-33)31-26-19-27(38-30(26)35-21-36-31)24-7-10-28(34-20-24)40-15-17-42-18-16-40/h5-10,19-21H,4,11-18H2,1-3H3,(H,37,39)(H,35,36,38). The van der Waals surface area contributed by atoms with Crippen molar-refractivity contribution < 1.29 is 9.47 Å². The number of piperidine rings is 1. The number of pyridine rings is 1. The lowest BCUT2D eigenvalue weighted by atomic mass is 9.79. The van der Waals surface area contributed by atoms with E-state index in [1.165, 1.54) is 0 Å². The third kappa shape index (κ3) is 5.31. The summed E-state index contributed by atoms with van der Waals surface area (Å²) in [5.74, 6) is 3.89. The predicted molar refractivity (Wildman–Crippen MR) is 169 cm³/mol. The summed E-state index contributed by atoms with van der Waals surface area (Å²) < 4.78 is 11.1. The molecule has 0 unspecified atom stereocenters. The van der Waals surface area contributed by atoms with E-state index in [1.807, 2.05) is 25.3 Å². The first-order chi connectivity index (χ1) is 21.0. The van der Waals surface area contributed by atoms with Gasteiger partial charge in [0.2, 0.25) is 0 Å². The van der Waals surface area contributed by atoms with Crippen LogP contribution >= 0.6 is 0 Å². The summed E-state index contributed by atoms with van der Waals surface area (Å²) >= 11 is 0. The minimum Gasteiger partial charge on any atom is -0.494 e. The highest BCUT2D eigenvalue weighted by molar-refractivity contribution is 5.92. The molecule has 2 saturated heterocycles. The maximum Gasteiger partial charge on any atom is 0.143 e. The van der Waals surface area contributed by atoms with Gasteiger partial charge in [0.25, 0.3) is 0 Å². The van der Waals surface area contributed by atoms with E-state index in [1.54, 1.807) is 6.33 Å². The fourth-order valence-electron chi connectivity index (χ4n) is 6.22. The molecule has 0 amide bonds. The van der Waals surface area contributed by atoms with Gasteiger partial charge in [-0.15, -0.1) is 0 Å². The highest BCUT2D eigenvalue weighted by Gasteiger charge is 2.36. The Kier molecular flexibility index (Phi) is 7.22. The van der Waals surface area contributed by atoms with E-state index < -0.39 is 0 Å². The van der Waals surface area contributed by atoms with Gasteiger partial charge in [0, 0.05) is 54.6 Å². The van der Waals surface area contributed by atoms with Crippen molar-refractivity contribution in [2.45, 2.75) is 39.0 Å². The minimum absolute atomic E-state index is 0.0475. The lowest BCUT2D eigenvalue weighted by Gasteiger charge is -2.38. The number of imidazole rings is 1. The summed E-state index contributed by atoms with van der Waals surface area (Å²) in [7, 11) is 0. The van der Waals surface area contributed by atoms with E-state index in [9.17, 15) is 0 Å². The molecule has 2 aliphatic heterocycles. The van der Waals surface area contributed by atoms with Crippen LogP contribution in [0, 0.1) is 6.92 Å². The Balaban J connectivity index is 1.07. The zero-order valence-electron chi connectivity index (χ0n) is 25.1. The number of hydrogen-bond acceptors (Lipinski definition) is 8. The molecule has 2 fully saturated rings. The number of benzene rings is 1. The third-order valence-electron chi connectivity index (χ3n) is 8.88. The molecule has 43 heavy (non-hydrogen) atoms. The number of aryl methyl sites for hydroxylation is 1. The number of rotatable bonds is 7. The first-order valence-corrected chi connectivity index (χ1v) is 15.2. The van der Waals surface area contributed by atoms with Gasteiger partial charge in [-0.05, 0) is 69.2 Å². The van der Waals surface area contributed by atoms with Crippen LogP contribution in [0.15, 0.2) is 55.0 Å². The van der Waals surface area contributed by atoms with E-state index in [-0.39, 0.29) is 5.41 Å². The fraction of sp³-hybridized carbons (Fsp3) is 0.394. The molecular weight excluding hydrogens is 540 g/mol. The van der Waals surface area contributed by atoms with Crippen molar-refractivity contribution in [1.29, 1.82) is 0 Å². The number of nitrogens with zero attached hydrogens (tertiary/aromatic N) is 6. The van der Waals surface area contributed by atoms with Crippen LogP contribution in [-0.2, 0) is 10.2 Å². The molecule has 0 bridgehead atoms. The number of aromatic amines is 2. The number of morpholine rings is 1. The van der Waals surface area contributed by atoms with Crippen molar-refractivity contribution in [3.05, 3.63) is 66.5 Å². The minimum atomic E-state index is -0.0475. The monoisotopic (exact) mass is 578 g/mol. The largest absolute Gasteiger partial charge is 0.494 e. The lowest BCUT2D eigenvalue weighted by molar-refractivity contribution is 0.122. The van der Waals surface area contributed by atoms with Gasteiger partial charge >= 0.3 is 0 Å². The number of nitrogens with one attached hydrogen (secondary N) is 2. The average molecular weight is 579 g/mol. The highest BCUT2D eigenvalue weighted by atomic mass is 16.5. The van der Waals surface area contributed by atoms with Gasteiger partial charge in [-0.2, -0.15) is 0 Å². The molecule has 2 N–H and O–H groups in total. The second kappa shape index (κ2) is 11.3.